The van der Waals surface area contributed by atoms with Crippen LogP contribution in [0.15, 0.2) is 24.3 Å². The molecule has 18 heavy (non-hydrogen) atoms. The van der Waals surface area contributed by atoms with Crippen molar-refractivity contribution in [2.24, 2.45) is 0 Å². The number of fused-ring (bicyclic) bond motifs is 1. The lowest BCUT2D eigenvalue weighted by Gasteiger charge is -2.02. The highest BCUT2D eigenvalue weighted by Crippen LogP contribution is 2.18. The average Bonchev–Trinajstić information content (AvgIpc) is 2.77. The van der Waals surface area contributed by atoms with Gasteiger partial charge in [-0.25, -0.2) is 0 Å². The van der Waals surface area contributed by atoms with Gasteiger partial charge in [0.25, 0.3) is 0 Å². The summed E-state index contributed by atoms with van der Waals surface area (Å²) >= 11 is 0. The van der Waals surface area contributed by atoms with Gasteiger partial charge in [0.2, 0.25) is 0 Å². The monoisotopic (exact) mass is 247 g/mol. The first-order valence-corrected chi connectivity index (χ1v) is 6.51. The first kappa shape index (κ1) is 13.1. The Labute approximate surface area is 108 Å². The minimum absolute atomic E-state index is 0.803. The number of nitrogens with one attached hydrogen (secondary N) is 1. The van der Waals surface area contributed by atoms with E-state index in [1.807, 2.05) is 0 Å². The van der Waals surface area contributed by atoms with Crippen LogP contribution in [0.4, 0.5) is 0 Å². The third kappa shape index (κ3) is 2.89. The molecule has 1 heterocycles. The summed E-state index contributed by atoms with van der Waals surface area (Å²) in [6, 6.07) is 8.39. The molecule has 98 valence electrons. The van der Waals surface area contributed by atoms with Gasteiger partial charge < -0.3 is 10.1 Å². The summed E-state index contributed by atoms with van der Waals surface area (Å²) in [5.74, 6) is 0. The van der Waals surface area contributed by atoms with Crippen LogP contribution in [0.2, 0.25) is 0 Å². The van der Waals surface area contributed by atoms with Gasteiger partial charge in [0.05, 0.1) is 11.2 Å². The van der Waals surface area contributed by atoms with E-state index in [4.69, 9.17) is 4.74 Å². The molecule has 0 unspecified atom stereocenters. The second-order valence-electron chi connectivity index (χ2n) is 4.30. The molecule has 0 aliphatic rings. The number of nitrogens with zero attached hydrogens (tertiary/aromatic N) is 2. The first-order valence-electron chi connectivity index (χ1n) is 6.51. The molecular formula is C14H21N3O. The quantitative estimate of drug-likeness (QED) is 0.762. The van der Waals surface area contributed by atoms with Gasteiger partial charge in [-0.3, -0.25) is 4.68 Å². The molecule has 4 heteroatoms. The average molecular weight is 247 g/mol. The lowest BCUT2D eigenvalue weighted by molar-refractivity contribution is 0.194. The molecule has 0 radical (unpaired) electrons. The zero-order valence-electron chi connectivity index (χ0n) is 11.1. The second-order valence-corrected chi connectivity index (χ2v) is 4.30. The lowest BCUT2D eigenvalue weighted by Crippen LogP contribution is -2.16. The number of ether oxygens (including phenoxy) is 1. The van der Waals surface area contributed by atoms with Crippen molar-refractivity contribution in [2.45, 2.75) is 26.4 Å². The minimum Gasteiger partial charge on any atom is -0.385 e. The fourth-order valence-corrected chi connectivity index (χ4v) is 2.12. The number of aromatic nitrogens is 2. The molecule has 4 nitrogen and oxygen atoms in total. The Morgan fingerprint density at radius 1 is 1.33 bits per heavy atom. The molecule has 0 atom stereocenters. The largest absolute Gasteiger partial charge is 0.385 e. The van der Waals surface area contributed by atoms with Crippen molar-refractivity contribution in [3.8, 4) is 0 Å². The molecule has 1 aromatic carbocycles. The van der Waals surface area contributed by atoms with Crippen LogP contribution < -0.4 is 5.32 Å². The van der Waals surface area contributed by atoms with Crippen molar-refractivity contribution in [2.75, 3.05) is 20.3 Å². The summed E-state index contributed by atoms with van der Waals surface area (Å²) in [6.07, 6.45) is 1.03. The fraction of sp³-hybridized carbons (Fsp3) is 0.500. The Hall–Kier alpha value is -1.39. The fourth-order valence-electron chi connectivity index (χ4n) is 2.12. The Balaban J connectivity index is 2.04. The predicted molar refractivity (Wildman–Crippen MR) is 73.6 cm³/mol. The zero-order chi connectivity index (χ0) is 12.8. The number of aryl methyl sites for hydroxylation is 1. The number of para-hydroxylation sites is 1. The minimum atomic E-state index is 0.803. The number of hydrogen-bond acceptors (Lipinski definition) is 3. The molecule has 0 saturated heterocycles. The van der Waals surface area contributed by atoms with Crippen LogP contribution in [-0.2, 0) is 17.8 Å². The summed E-state index contributed by atoms with van der Waals surface area (Å²) in [4.78, 5) is 0. The van der Waals surface area contributed by atoms with E-state index in [-0.39, 0.29) is 0 Å². The van der Waals surface area contributed by atoms with Gasteiger partial charge in [-0.15, -0.1) is 0 Å². The van der Waals surface area contributed by atoms with Gasteiger partial charge in [-0.1, -0.05) is 18.2 Å². The lowest BCUT2D eigenvalue weighted by atomic mass is 10.2. The van der Waals surface area contributed by atoms with E-state index in [2.05, 4.69) is 46.3 Å². The summed E-state index contributed by atoms with van der Waals surface area (Å²) in [6.45, 7) is 5.61. The second kappa shape index (κ2) is 6.52. The van der Waals surface area contributed by atoms with Gasteiger partial charge in [0, 0.05) is 32.2 Å². The predicted octanol–water partition coefficient (Wildman–Crippen LogP) is 2.18. The smallest absolute Gasteiger partial charge is 0.0841 e. The molecule has 0 aliphatic carbocycles. The van der Waals surface area contributed by atoms with Crippen molar-refractivity contribution < 1.29 is 4.74 Å². The van der Waals surface area contributed by atoms with E-state index in [0.29, 0.717) is 0 Å². The van der Waals surface area contributed by atoms with Crippen molar-refractivity contribution in [3.63, 3.8) is 0 Å². The Bertz CT molecular complexity index is 493. The highest BCUT2D eigenvalue weighted by Gasteiger charge is 2.07. The Morgan fingerprint density at radius 3 is 2.94 bits per heavy atom. The van der Waals surface area contributed by atoms with E-state index in [0.717, 1.165) is 38.4 Å². The number of rotatable bonds is 7. The van der Waals surface area contributed by atoms with Crippen molar-refractivity contribution >= 4 is 10.9 Å². The maximum atomic E-state index is 5.03. The topological polar surface area (TPSA) is 39.1 Å². The van der Waals surface area contributed by atoms with E-state index >= 15 is 0 Å². The highest BCUT2D eigenvalue weighted by atomic mass is 16.5. The van der Waals surface area contributed by atoms with Crippen molar-refractivity contribution in [1.82, 2.24) is 15.1 Å². The van der Waals surface area contributed by atoms with Crippen LogP contribution in [0, 0.1) is 0 Å². The summed E-state index contributed by atoms with van der Waals surface area (Å²) in [5, 5.41) is 9.31. The van der Waals surface area contributed by atoms with Crippen LogP contribution >= 0.6 is 0 Å². The first-order chi connectivity index (χ1) is 8.86. The molecule has 0 saturated carbocycles. The standard InChI is InChI=1S/C14H21N3O/c1-3-17-14-8-5-4-7-12(14)13(16-17)11-15-9-6-10-18-2/h4-5,7-8,15H,3,6,9-11H2,1-2H3. The van der Waals surface area contributed by atoms with E-state index in [1.54, 1.807) is 7.11 Å². The molecule has 1 aromatic heterocycles. The van der Waals surface area contributed by atoms with Gasteiger partial charge in [0.15, 0.2) is 0 Å². The van der Waals surface area contributed by atoms with Crippen molar-refractivity contribution in [3.05, 3.63) is 30.0 Å². The van der Waals surface area contributed by atoms with Crippen molar-refractivity contribution in [1.29, 1.82) is 0 Å². The zero-order valence-corrected chi connectivity index (χ0v) is 11.1. The van der Waals surface area contributed by atoms with Crippen LogP contribution in [-0.4, -0.2) is 30.0 Å². The van der Waals surface area contributed by atoms with Gasteiger partial charge >= 0.3 is 0 Å². The SMILES string of the molecule is CCn1nc(CNCCCOC)c2ccccc21. The van der Waals surface area contributed by atoms with E-state index < -0.39 is 0 Å². The van der Waals surface area contributed by atoms with Crippen LogP contribution in [0.3, 0.4) is 0 Å². The van der Waals surface area contributed by atoms with Gasteiger partial charge in [0.1, 0.15) is 0 Å². The van der Waals surface area contributed by atoms with E-state index in [9.17, 15) is 0 Å². The van der Waals surface area contributed by atoms with Crippen LogP contribution in [0.1, 0.15) is 19.0 Å². The molecular weight excluding hydrogens is 226 g/mol. The molecule has 0 bridgehead atoms. The van der Waals surface area contributed by atoms with E-state index in [1.165, 1.54) is 10.9 Å². The molecule has 1 N–H and O–H groups in total. The molecule has 0 amide bonds. The highest BCUT2D eigenvalue weighted by molar-refractivity contribution is 5.81. The Morgan fingerprint density at radius 2 is 2.17 bits per heavy atom. The number of methoxy groups -OCH3 is 1. The number of benzene rings is 1. The molecule has 2 rings (SSSR count). The van der Waals surface area contributed by atoms with Gasteiger partial charge in [-0.2, -0.15) is 5.10 Å². The van der Waals surface area contributed by atoms with Crippen LogP contribution in [0.25, 0.3) is 10.9 Å². The van der Waals surface area contributed by atoms with Gasteiger partial charge in [-0.05, 0) is 26.0 Å². The molecule has 0 fully saturated rings. The maximum Gasteiger partial charge on any atom is 0.0841 e. The third-order valence-corrected chi connectivity index (χ3v) is 3.03. The Kier molecular flexibility index (Phi) is 4.73. The molecule has 2 aromatic rings. The third-order valence-electron chi connectivity index (χ3n) is 3.03. The molecule has 0 spiro atoms. The number of hydrogen-bond donors (Lipinski definition) is 1. The summed E-state index contributed by atoms with van der Waals surface area (Å²) in [5.41, 5.74) is 2.35. The summed E-state index contributed by atoms with van der Waals surface area (Å²) < 4.78 is 7.08. The van der Waals surface area contributed by atoms with Crippen LogP contribution in [0.5, 0.6) is 0 Å². The normalized spacial score (nSPS) is 11.2. The molecule has 0 aliphatic heterocycles. The maximum absolute atomic E-state index is 5.03. The summed E-state index contributed by atoms with van der Waals surface area (Å²) in [7, 11) is 1.73.